The van der Waals surface area contributed by atoms with Crippen molar-refractivity contribution in [3.05, 3.63) is 0 Å². The Morgan fingerprint density at radius 1 is 0.955 bits per heavy atom. The second kappa shape index (κ2) is 16.6. The van der Waals surface area contributed by atoms with E-state index in [2.05, 4.69) is 0 Å². The van der Waals surface area contributed by atoms with E-state index in [1.165, 1.54) is 7.11 Å². The van der Waals surface area contributed by atoms with Gasteiger partial charge < -0.3 is 23.6 Å². The molecule has 0 fully saturated rings. The lowest BCUT2D eigenvalue weighted by Crippen LogP contribution is -2.06. The first-order valence-corrected chi connectivity index (χ1v) is 11.7. The Kier molecular flexibility index (Phi) is 17.1. The highest BCUT2D eigenvalue weighted by atomic mass is 33.1. The van der Waals surface area contributed by atoms with Crippen LogP contribution >= 0.6 is 29.2 Å². The molecule has 9 heteroatoms. The second-order valence-electron chi connectivity index (χ2n) is 4.24. The van der Waals surface area contributed by atoms with Gasteiger partial charge in [0.15, 0.2) is 0 Å². The first-order chi connectivity index (χ1) is 10.7. The van der Waals surface area contributed by atoms with Gasteiger partial charge in [-0.1, -0.05) is 28.5 Å². The van der Waals surface area contributed by atoms with Gasteiger partial charge in [0.1, 0.15) is 0 Å². The maximum atomic E-state index is 11.7. The van der Waals surface area contributed by atoms with Crippen molar-refractivity contribution in [2.24, 2.45) is 0 Å². The molecule has 6 nitrogen and oxygen atoms in total. The van der Waals surface area contributed by atoms with Crippen molar-refractivity contribution in [1.29, 1.82) is 0 Å². The Balaban J connectivity index is 3.16. The van der Waals surface area contributed by atoms with E-state index in [-0.39, 0.29) is 6.61 Å². The summed E-state index contributed by atoms with van der Waals surface area (Å²) in [6.45, 7) is 4.42. The van der Waals surface area contributed by atoms with E-state index in [0.29, 0.717) is 39.2 Å². The van der Waals surface area contributed by atoms with Crippen LogP contribution < -0.4 is 0 Å². The number of rotatable bonds is 17. The standard InChI is InChI=1S/C13H29O6PS2/c1-3-20(15,16-2)19-11-10-18-8-5-13-22-21-12-4-7-17-9-6-14/h14H,3-13H2,1-2H3. The third kappa shape index (κ3) is 14.3. The SMILES string of the molecule is CCP(=O)(OC)OCCOCCCSSCCCOCCO. The van der Waals surface area contributed by atoms with Gasteiger partial charge in [0.05, 0.1) is 26.4 Å². The minimum atomic E-state index is -2.88. The highest BCUT2D eigenvalue weighted by molar-refractivity contribution is 8.76. The molecule has 0 aliphatic heterocycles. The van der Waals surface area contributed by atoms with Gasteiger partial charge in [-0.25, -0.2) is 0 Å². The average molecular weight is 376 g/mol. The van der Waals surface area contributed by atoms with E-state index in [9.17, 15) is 4.57 Å². The number of hydrogen-bond donors (Lipinski definition) is 1. The molecule has 0 aromatic heterocycles. The maximum absolute atomic E-state index is 11.7. The zero-order chi connectivity index (χ0) is 16.5. The van der Waals surface area contributed by atoms with Crippen molar-refractivity contribution in [3.63, 3.8) is 0 Å². The molecule has 0 saturated heterocycles. The van der Waals surface area contributed by atoms with E-state index in [0.717, 1.165) is 24.3 Å². The number of hydrogen-bond acceptors (Lipinski definition) is 8. The summed E-state index contributed by atoms with van der Waals surface area (Å²) in [5.41, 5.74) is 0. The summed E-state index contributed by atoms with van der Waals surface area (Å²) in [7, 11) is 2.18. The monoisotopic (exact) mass is 376 g/mol. The molecule has 1 atom stereocenters. The van der Waals surface area contributed by atoms with Crippen molar-refractivity contribution in [2.75, 3.05) is 64.4 Å². The topological polar surface area (TPSA) is 74.2 Å². The predicted octanol–water partition coefficient (Wildman–Crippen LogP) is 3.05. The molecule has 0 aliphatic carbocycles. The first-order valence-electron chi connectivity index (χ1n) is 7.48. The summed E-state index contributed by atoms with van der Waals surface area (Å²) in [6.07, 6.45) is 2.36. The quantitative estimate of drug-likeness (QED) is 0.236. The largest absolute Gasteiger partial charge is 0.394 e. The van der Waals surface area contributed by atoms with Crippen molar-refractivity contribution >= 4 is 29.2 Å². The van der Waals surface area contributed by atoms with Crippen molar-refractivity contribution < 1.29 is 28.2 Å². The lowest BCUT2D eigenvalue weighted by molar-refractivity contribution is 0.0933. The molecule has 1 unspecified atom stereocenters. The van der Waals surface area contributed by atoms with Crippen LogP contribution in [0.4, 0.5) is 0 Å². The molecule has 1 N–H and O–H groups in total. The summed E-state index contributed by atoms with van der Waals surface area (Å²) in [5, 5.41) is 8.53. The van der Waals surface area contributed by atoms with Gasteiger partial charge in [-0.05, 0) is 12.8 Å². The molecule has 0 radical (unpaired) electrons. The lowest BCUT2D eigenvalue weighted by Gasteiger charge is -2.14. The molecule has 22 heavy (non-hydrogen) atoms. The summed E-state index contributed by atoms with van der Waals surface area (Å²) in [4.78, 5) is 0. The maximum Gasteiger partial charge on any atom is 0.330 e. The number of ether oxygens (including phenoxy) is 2. The molecule has 0 aromatic carbocycles. The third-order valence-electron chi connectivity index (χ3n) is 2.53. The summed E-state index contributed by atoms with van der Waals surface area (Å²) >= 11 is 0. The van der Waals surface area contributed by atoms with Crippen LogP contribution in [0.5, 0.6) is 0 Å². The molecule has 0 bridgehead atoms. The first kappa shape index (κ1) is 22.7. The Hall–Kier alpha value is 0.730. The molecule has 0 aliphatic rings. The highest BCUT2D eigenvalue weighted by Gasteiger charge is 2.18. The molecule has 0 amide bonds. The van der Waals surface area contributed by atoms with Gasteiger partial charge in [0.25, 0.3) is 0 Å². The third-order valence-corrected chi connectivity index (χ3v) is 7.02. The van der Waals surface area contributed by atoms with E-state index < -0.39 is 7.60 Å². The smallest absolute Gasteiger partial charge is 0.330 e. The molecule has 0 aromatic rings. The molecule has 0 saturated carbocycles. The number of aliphatic hydroxyl groups excluding tert-OH is 1. The molecule has 0 spiro atoms. The lowest BCUT2D eigenvalue weighted by atomic mass is 10.5. The fourth-order valence-electron chi connectivity index (χ4n) is 1.33. The predicted molar refractivity (Wildman–Crippen MR) is 94.0 cm³/mol. The Bertz CT molecular complexity index is 275. The van der Waals surface area contributed by atoms with Crippen LogP contribution in [-0.4, -0.2) is 69.5 Å². The van der Waals surface area contributed by atoms with E-state index >= 15 is 0 Å². The van der Waals surface area contributed by atoms with E-state index in [4.69, 9.17) is 23.6 Å². The highest BCUT2D eigenvalue weighted by Crippen LogP contribution is 2.46. The second-order valence-corrected chi connectivity index (χ2v) is 9.42. The summed E-state index contributed by atoms with van der Waals surface area (Å²) in [6, 6.07) is 0. The van der Waals surface area contributed by atoms with Gasteiger partial charge in [-0.15, -0.1) is 0 Å². The number of aliphatic hydroxyl groups is 1. The molecular formula is C13H29O6PS2. The van der Waals surface area contributed by atoms with Crippen LogP contribution in [0.15, 0.2) is 0 Å². The Morgan fingerprint density at radius 3 is 2.05 bits per heavy atom. The van der Waals surface area contributed by atoms with Gasteiger partial charge >= 0.3 is 7.60 Å². The van der Waals surface area contributed by atoms with Crippen LogP contribution in [0.1, 0.15) is 19.8 Å². The van der Waals surface area contributed by atoms with Crippen LogP contribution in [0.25, 0.3) is 0 Å². The zero-order valence-corrected chi connectivity index (χ0v) is 16.1. The van der Waals surface area contributed by atoms with Gasteiger partial charge in [0, 0.05) is 38.0 Å². The Morgan fingerprint density at radius 2 is 1.55 bits per heavy atom. The van der Waals surface area contributed by atoms with Crippen LogP contribution in [0, 0.1) is 0 Å². The van der Waals surface area contributed by atoms with Gasteiger partial charge in [-0.3, -0.25) is 4.57 Å². The molecule has 0 heterocycles. The normalized spacial score (nSPS) is 14.1. The Labute approximate surface area is 141 Å². The molecule has 0 rings (SSSR count). The van der Waals surface area contributed by atoms with Crippen LogP contribution in [-0.2, 0) is 23.1 Å². The van der Waals surface area contributed by atoms with Gasteiger partial charge in [-0.2, -0.15) is 0 Å². The fraction of sp³-hybridized carbons (Fsp3) is 1.00. The minimum Gasteiger partial charge on any atom is -0.394 e. The van der Waals surface area contributed by atoms with E-state index in [1.54, 1.807) is 6.92 Å². The van der Waals surface area contributed by atoms with Gasteiger partial charge in [0.2, 0.25) is 0 Å². The van der Waals surface area contributed by atoms with Crippen molar-refractivity contribution in [3.8, 4) is 0 Å². The van der Waals surface area contributed by atoms with Crippen molar-refractivity contribution in [2.45, 2.75) is 19.8 Å². The zero-order valence-electron chi connectivity index (χ0n) is 13.5. The fourth-order valence-corrected chi connectivity index (χ4v) is 4.35. The van der Waals surface area contributed by atoms with Crippen LogP contribution in [0.2, 0.25) is 0 Å². The summed E-state index contributed by atoms with van der Waals surface area (Å²) < 4.78 is 32.4. The minimum absolute atomic E-state index is 0.0917. The summed E-state index contributed by atoms with van der Waals surface area (Å²) in [5.74, 6) is 2.09. The van der Waals surface area contributed by atoms with E-state index in [1.807, 2.05) is 21.6 Å². The molecular weight excluding hydrogens is 347 g/mol. The van der Waals surface area contributed by atoms with Crippen molar-refractivity contribution in [1.82, 2.24) is 0 Å². The average Bonchev–Trinajstić information content (AvgIpc) is 2.55. The van der Waals surface area contributed by atoms with Crippen LogP contribution in [0.3, 0.4) is 0 Å². The molecule has 134 valence electrons.